The van der Waals surface area contributed by atoms with Crippen LogP contribution in [0.1, 0.15) is 24.0 Å². The standard InChI is InChI=1S/C14H22N2O2/c1-18-14-12-6-5-11(16-8-9-17)4-2-10(12)3-7-13(14)15/h3,7,11,16-17H,2,4-6,8-9,15H2,1H3. The molecule has 0 amide bonds. The molecular weight excluding hydrogens is 228 g/mol. The molecule has 4 heteroatoms. The monoisotopic (exact) mass is 250 g/mol. The van der Waals surface area contributed by atoms with Gasteiger partial charge in [0.2, 0.25) is 0 Å². The highest BCUT2D eigenvalue weighted by molar-refractivity contribution is 5.59. The van der Waals surface area contributed by atoms with Crippen molar-refractivity contribution in [2.24, 2.45) is 0 Å². The number of anilines is 1. The Morgan fingerprint density at radius 3 is 2.89 bits per heavy atom. The lowest BCUT2D eigenvalue weighted by molar-refractivity contribution is 0.280. The van der Waals surface area contributed by atoms with Gasteiger partial charge in [0, 0.05) is 12.6 Å². The molecule has 18 heavy (non-hydrogen) atoms. The van der Waals surface area contributed by atoms with Crippen LogP contribution in [0.4, 0.5) is 5.69 Å². The van der Waals surface area contributed by atoms with Crippen LogP contribution in [0.2, 0.25) is 0 Å². The molecule has 2 rings (SSSR count). The molecule has 0 aliphatic heterocycles. The number of aliphatic hydroxyl groups is 1. The van der Waals surface area contributed by atoms with E-state index in [-0.39, 0.29) is 6.61 Å². The van der Waals surface area contributed by atoms with Crippen LogP contribution in [0.3, 0.4) is 0 Å². The van der Waals surface area contributed by atoms with Crippen molar-refractivity contribution in [3.05, 3.63) is 23.3 Å². The van der Waals surface area contributed by atoms with E-state index in [9.17, 15) is 0 Å². The van der Waals surface area contributed by atoms with Gasteiger partial charge in [-0.05, 0) is 42.9 Å². The maximum absolute atomic E-state index is 8.86. The number of nitrogen functional groups attached to an aromatic ring is 1. The first-order valence-corrected chi connectivity index (χ1v) is 6.54. The molecule has 1 unspecified atom stereocenters. The Hall–Kier alpha value is -1.26. The van der Waals surface area contributed by atoms with Gasteiger partial charge in [-0.2, -0.15) is 0 Å². The number of fused-ring (bicyclic) bond motifs is 1. The second-order valence-electron chi connectivity index (χ2n) is 4.78. The van der Waals surface area contributed by atoms with E-state index in [2.05, 4.69) is 11.4 Å². The van der Waals surface area contributed by atoms with Crippen molar-refractivity contribution in [1.29, 1.82) is 0 Å². The molecule has 0 bridgehead atoms. The van der Waals surface area contributed by atoms with E-state index in [4.69, 9.17) is 15.6 Å². The predicted octanol–water partition coefficient (Wildman–Crippen LogP) is 1.11. The maximum Gasteiger partial charge on any atom is 0.145 e. The molecule has 0 heterocycles. The van der Waals surface area contributed by atoms with Gasteiger partial charge in [-0.3, -0.25) is 0 Å². The van der Waals surface area contributed by atoms with Crippen LogP contribution in [0.5, 0.6) is 5.75 Å². The topological polar surface area (TPSA) is 67.5 Å². The van der Waals surface area contributed by atoms with Crippen LogP contribution in [0.25, 0.3) is 0 Å². The first-order chi connectivity index (χ1) is 8.76. The summed E-state index contributed by atoms with van der Waals surface area (Å²) in [6.45, 7) is 0.861. The number of aliphatic hydroxyl groups excluding tert-OH is 1. The maximum atomic E-state index is 8.86. The highest BCUT2D eigenvalue weighted by Crippen LogP contribution is 2.33. The normalized spacial score (nSPS) is 19.1. The molecule has 0 saturated carbocycles. The van der Waals surface area contributed by atoms with Crippen LogP contribution in [-0.4, -0.2) is 31.4 Å². The summed E-state index contributed by atoms with van der Waals surface area (Å²) in [6.07, 6.45) is 4.18. The van der Waals surface area contributed by atoms with E-state index in [0.717, 1.165) is 37.1 Å². The fourth-order valence-corrected chi connectivity index (χ4v) is 2.70. The van der Waals surface area contributed by atoms with E-state index in [1.807, 2.05) is 6.07 Å². The van der Waals surface area contributed by atoms with Gasteiger partial charge >= 0.3 is 0 Å². The number of hydrogen-bond acceptors (Lipinski definition) is 4. The van der Waals surface area contributed by atoms with E-state index < -0.39 is 0 Å². The third-order valence-electron chi connectivity index (χ3n) is 3.64. The lowest BCUT2D eigenvalue weighted by atomic mass is 10.0. The molecule has 0 aromatic heterocycles. The van der Waals surface area contributed by atoms with Gasteiger partial charge in [0.05, 0.1) is 19.4 Å². The van der Waals surface area contributed by atoms with Crippen molar-refractivity contribution >= 4 is 5.69 Å². The number of methoxy groups -OCH3 is 1. The highest BCUT2D eigenvalue weighted by Gasteiger charge is 2.19. The Balaban J connectivity index is 2.14. The quantitative estimate of drug-likeness (QED) is 0.553. The van der Waals surface area contributed by atoms with E-state index >= 15 is 0 Å². The van der Waals surface area contributed by atoms with Crippen LogP contribution in [0.15, 0.2) is 12.1 Å². The van der Waals surface area contributed by atoms with Gasteiger partial charge in [0.15, 0.2) is 0 Å². The number of hydrogen-bond donors (Lipinski definition) is 3. The number of rotatable bonds is 4. The number of nitrogens with one attached hydrogen (secondary N) is 1. The zero-order chi connectivity index (χ0) is 13.0. The van der Waals surface area contributed by atoms with E-state index in [0.29, 0.717) is 12.6 Å². The molecule has 1 aliphatic carbocycles. The average Bonchev–Trinajstić information content (AvgIpc) is 2.59. The minimum atomic E-state index is 0.194. The lowest BCUT2D eigenvalue weighted by Gasteiger charge is -2.15. The van der Waals surface area contributed by atoms with Crippen molar-refractivity contribution in [1.82, 2.24) is 5.32 Å². The summed E-state index contributed by atoms with van der Waals surface area (Å²) in [5.41, 5.74) is 9.27. The molecular formula is C14H22N2O2. The number of nitrogens with two attached hydrogens (primary N) is 1. The molecule has 1 atom stereocenters. The molecule has 0 fully saturated rings. The average molecular weight is 250 g/mol. The van der Waals surface area contributed by atoms with E-state index in [1.54, 1.807) is 7.11 Å². The molecule has 1 aromatic rings. The molecule has 0 saturated heterocycles. The van der Waals surface area contributed by atoms with Crippen molar-refractivity contribution in [3.63, 3.8) is 0 Å². The second kappa shape index (κ2) is 6.07. The smallest absolute Gasteiger partial charge is 0.145 e. The van der Waals surface area contributed by atoms with Gasteiger partial charge < -0.3 is 20.9 Å². The summed E-state index contributed by atoms with van der Waals surface area (Å²) >= 11 is 0. The fourth-order valence-electron chi connectivity index (χ4n) is 2.70. The van der Waals surface area contributed by atoms with Crippen LogP contribution in [-0.2, 0) is 12.8 Å². The van der Waals surface area contributed by atoms with Gasteiger partial charge in [0.1, 0.15) is 5.75 Å². The van der Waals surface area contributed by atoms with Gasteiger partial charge in [0.25, 0.3) is 0 Å². The second-order valence-corrected chi connectivity index (χ2v) is 4.78. The van der Waals surface area contributed by atoms with Crippen molar-refractivity contribution in [2.75, 3.05) is 26.0 Å². The molecule has 1 aromatic carbocycles. The Labute approximate surface area is 108 Å². The minimum absolute atomic E-state index is 0.194. The summed E-state index contributed by atoms with van der Waals surface area (Å²) in [5.74, 6) is 0.843. The lowest BCUT2D eigenvalue weighted by Crippen LogP contribution is -2.31. The Morgan fingerprint density at radius 2 is 2.17 bits per heavy atom. The van der Waals surface area contributed by atoms with Crippen LogP contribution < -0.4 is 15.8 Å². The Bertz CT molecular complexity index is 407. The summed E-state index contributed by atoms with van der Waals surface area (Å²) in [5, 5.41) is 12.2. The van der Waals surface area contributed by atoms with Crippen LogP contribution >= 0.6 is 0 Å². The fraction of sp³-hybridized carbons (Fsp3) is 0.571. The highest BCUT2D eigenvalue weighted by atomic mass is 16.5. The minimum Gasteiger partial charge on any atom is -0.494 e. The molecule has 100 valence electrons. The van der Waals surface area contributed by atoms with Crippen molar-refractivity contribution in [2.45, 2.75) is 31.7 Å². The molecule has 4 N–H and O–H groups in total. The van der Waals surface area contributed by atoms with Crippen LogP contribution in [0, 0.1) is 0 Å². The summed E-state index contributed by atoms with van der Waals surface area (Å²) in [4.78, 5) is 0. The number of benzene rings is 1. The predicted molar refractivity (Wildman–Crippen MR) is 72.9 cm³/mol. The Morgan fingerprint density at radius 1 is 1.39 bits per heavy atom. The first kappa shape index (κ1) is 13.2. The first-order valence-electron chi connectivity index (χ1n) is 6.54. The van der Waals surface area contributed by atoms with Crippen molar-refractivity contribution in [3.8, 4) is 5.75 Å². The van der Waals surface area contributed by atoms with Gasteiger partial charge in [-0.1, -0.05) is 6.07 Å². The SMILES string of the molecule is COc1c(N)ccc2c1CCC(NCCO)CC2. The summed E-state index contributed by atoms with van der Waals surface area (Å²) in [6, 6.07) is 4.51. The third kappa shape index (κ3) is 2.76. The molecule has 0 spiro atoms. The van der Waals surface area contributed by atoms with Crippen molar-refractivity contribution < 1.29 is 9.84 Å². The summed E-state index contributed by atoms with van der Waals surface area (Å²) < 4.78 is 5.43. The van der Waals surface area contributed by atoms with Gasteiger partial charge in [-0.25, -0.2) is 0 Å². The largest absolute Gasteiger partial charge is 0.494 e. The zero-order valence-electron chi connectivity index (χ0n) is 10.9. The molecule has 4 nitrogen and oxygen atoms in total. The number of aryl methyl sites for hydroxylation is 1. The summed E-state index contributed by atoms with van der Waals surface area (Å²) in [7, 11) is 1.68. The third-order valence-corrected chi connectivity index (χ3v) is 3.64. The molecule has 0 radical (unpaired) electrons. The number of ether oxygens (including phenoxy) is 1. The molecule has 1 aliphatic rings. The Kier molecular flexibility index (Phi) is 4.44. The van der Waals surface area contributed by atoms with Gasteiger partial charge in [-0.15, -0.1) is 0 Å². The zero-order valence-corrected chi connectivity index (χ0v) is 10.9. The van der Waals surface area contributed by atoms with E-state index in [1.165, 1.54) is 11.1 Å².